The molecule has 0 bridgehead atoms. The number of benzene rings is 2. The van der Waals surface area contributed by atoms with Crippen molar-refractivity contribution < 1.29 is 0 Å². The first-order valence-corrected chi connectivity index (χ1v) is 7.72. The van der Waals surface area contributed by atoms with Crippen LogP contribution in [0.2, 0.25) is 5.02 Å². The first-order valence-electron chi connectivity index (χ1n) is 6.15. The number of nitrogens with zero attached hydrogens (tertiary/aromatic N) is 1. The highest BCUT2D eigenvalue weighted by molar-refractivity contribution is 9.10. The van der Waals surface area contributed by atoms with Crippen molar-refractivity contribution in [2.45, 2.75) is 13.8 Å². The second-order valence-corrected chi connectivity index (χ2v) is 6.52. The highest BCUT2D eigenvalue weighted by Crippen LogP contribution is 2.30. The lowest BCUT2D eigenvalue weighted by Gasteiger charge is -2.12. The average molecular weight is 368 g/mol. The lowest BCUT2D eigenvalue weighted by Crippen LogP contribution is -1.99. The number of hydrogen-bond acceptors (Lipinski definition) is 1. The van der Waals surface area contributed by atoms with E-state index in [9.17, 15) is 0 Å². The normalized spacial score (nSPS) is 11.2. The highest BCUT2D eigenvalue weighted by Gasteiger charge is 2.12. The summed E-state index contributed by atoms with van der Waals surface area (Å²) in [6.07, 6.45) is 0. The van der Waals surface area contributed by atoms with E-state index in [0.717, 1.165) is 21.2 Å². The fourth-order valence-corrected chi connectivity index (χ4v) is 3.82. The molecule has 1 N–H and O–H groups in total. The van der Waals surface area contributed by atoms with E-state index >= 15 is 0 Å². The van der Waals surface area contributed by atoms with E-state index in [1.165, 1.54) is 11.1 Å². The summed E-state index contributed by atoms with van der Waals surface area (Å²) in [5.41, 5.74) is 5.41. The molecule has 0 aliphatic heterocycles. The summed E-state index contributed by atoms with van der Waals surface area (Å²) >= 11 is 15.2. The average Bonchev–Trinajstić information content (AvgIpc) is 2.64. The van der Waals surface area contributed by atoms with Gasteiger partial charge in [0.15, 0.2) is 4.77 Å². The van der Waals surface area contributed by atoms with Crippen LogP contribution < -0.4 is 0 Å². The van der Waals surface area contributed by atoms with Gasteiger partial charge in [0.2, 0.25) is 0 Å². The molecule has 0 saturated heterocycles. The van der Waals surface area contributed by atoms with E-state index < -0.39 is 0 Å². The standard InChI is InChI=1S/C15H12BrClN2S/c1-8-5-9(2)14(11(16)6-8)19-13-4-3-10(17)7-12(13)18-15(19)20/h3-7H,1-2H3,(H,18,20). The largest absolute Gasteiger partial charge is 0.330 e. The molecular formula is C15H12BrClN2S. The van der Waals surface area contributed by atoms with Crippen molar-refractivity contribution in [1.29, 1.82) is 0 Å². The van der Waals surface area contributed by atoms with E-state index in [2.05, 4.69) is 46.9 Å². The van der Waals surface area contributed by atoms with Gasteiger partial charge in [-0.1, -0.05) is 17.7 Å². The monoisotopic (exact) mass is 366 g/mol. The van der Waals surface area contributed by atoms with Crippen molar-refractivity contribution in [3.63, 3.8) is 0 Å². The molecule has 2 aromatic carbocycles. The molecule has 0 saturated carbocycles. The number of rotatable bonds is 1. The lowest BCUT2D eigenvalue weighted by molar-refractivity contribution is 1.04. The van der Waals surface area contributed by atoms with Gasteiger partial charge in [0.25, 0.3) is 0 Å². The Kier molecular flexibility index (Phi) is 3.48. The Morgan fingerprint density at radius 1 is 1.20 bits per heavy atom. The first-order chi connectivity index (χ1) is 9.47. The highest BCUT2D eigenvalue weighted by atomic mass is 79.9. The van der Waals surface area contributed by atoms with Gasteiger partial charge < -0.3 is 4.98 Å². The minimum atomic E-state index is 0.662. The predicted octanol–water partition coefficient (Wildman–Crippen LogP) is 5.72. The molecule has 3 aromatic rings. The third kappa shape index (κ3) is 2.22. The zero-order valence-electron chi connectivity index (χ0n) is 11.0. The molecule has 0 aliphatic rings. The maximum Gasteiger partial charge on any atom is 0.182 e. The van der Waals surface area contributed by atoms with Crippen molar-refractivity contribution in [2.24, 2.45) is 0 Å². The maximum absolute atomic E-state index is 6.04. The van der Waals surface area contributed by atoms with Gasteiger partial charge in [0, 0.05) is 9.50 Å². The molecular weight excluding hydrogens is 356 g/mol. The molecule has 0 fully saturated rings. The van der Waals surface area contributed by atoms with Crippen LogP contribution >= 0.6 is 39.7 Å². The minimum Gasteiger partial charge on any atom is -0.330 e. The molecule has 5 heteroatoms. The molecule has 3 rings (SSSR count). The van der Waals surface area contributed by atoms with Crippen molar-refractivity contribution >= 4 is 50.8 Å². The van der Waals surface area contributed by atoms with Crippen LogP contribution in [0.5, 0.6) is 0 Å². The fraction of sp³-hybridized carbons (Fsp3) is 0.133. The molecule has 0 radical (unpaired) electrons. The van der Waals surface area contributed by atoms with E-state index in [1.54, 1.807) is 0 Å². The summed E-state index contributed by atoms with van der Waals surface area (Å²) < 4.78 is 3.73. The van der Waals surface area contributed by atoms with Crippen LogP contribution in [0.1, 0.15) is 11.1 Å². The summed E-state index contributed by atoms with van der Waals surface area (Å²) in [5, 5.41) is 0.695. The second kappa shape index (κ2) is 5.02. The fourth-order valence-electron chi connectivity index (χ4n) is 2.50. The van der Waals surface area contributed by atoms with Crippen molar-refractivity contribution in [2.75, 3.05) is 0 Å². The summed E-state index contributed by atoms with van der Waals surface area (Å²) in [7, 11) is 0. The number of aromatic nitrogens is 2. The van der Waals surface area contributed by atoms with Gasteiger partial charge in [-0.3, -0.25) is 4.57 Å². The Hall–Kier alpha value is -1.10. The van der Waals surface area contributed by atoms with Crippen molar-refractivity contribution in [3.05, 3.63) is 55.7 Å². The molecule has 1 aromatic heterocycles. The summed E-state index contributed by atoms with van der Waals surface area (Å²) in [6.45, 7) is 4.17. The van der Waals surface area contributed by atoms with Gasteiger partial charge in [-0.15, -0.1) is 0 Å². The van der Waals surface area contributed by atoms with Gasteiger partial charge in [0.05, 0.1) is 16.7 Å². The van der Waals surface area contributed by atoms with Gasteiger partial charge in [-0.25, -0.2) is 0 Å². The molecule has 0 aliphatic carbocycles. The third-order valence-corrected chi connectivity index (χ3v) is 4.39. The topological polar surface area (TPSA) is 20.7 Å². The molecule has 20 heavy (non-hydrogen) atoms. The Labute approximate surface area is 135 Å². The Morgan fingerprint density at radius 3 is 2.65 bits per heavy atom. The number of fused-ring (bicyclic) bond motifs is 1. The predicted molar refractivity (Wildman–Crippen MR) is 90.6 cm³/mol. The number of H-pyrrole nitrogens is 1. The first kappa shape index (κ1) is 13.9. The van der Waals surface area contributed by atoms with Crippen LogP contribution in [0.15, 0.2) is 34.8 Å². The van der Waals surface area contributed by atoms with E-state index in [-0.39, 0.29) is 0 Å². The molecule has 0 atom stereocenters. The van der Waals surface area contributed by atoms with Crippen LogP contribution in [0, 0.1) is 18.6 Å². The number of hydrogen-bond donors (Lipinski definition) is 1. The SMILES string of the molecule is Cc1cc(C)c(-n2c(=S)[nH]c3cc(Cl)ccc32)c(Br)c1. The van der Waals surface area contributed by atoms with Crippen LogP contribution in [0.4, 0.5) is 0 Å². The van der Waals surface area contributed by atoms with Gasteiger partial charge in [-0.05, 0) is 77.4 Å². The lowest BCUT2D eigenvalue weighted by atomic mass is 10.1. The Bertz CT molecular complexity index is 856. The minimum absolute atomic E-state index is 0.662. The molecule has 0 unspecified atom stereocenters. The molecule has 102 valence electrons. The summed E-state index contributed by atoms with van der Waals surface area (Å²) in [4.78, 5) is 3.21. The number of aromatic amines is 1. The molecule has 0 amide bonds. The van der Waals surface area contributed by atoms with E-state index in [4.69, 9.17) is 23.8 Å². The quantitative estimate of drug-likeness (QED) is 0.545. The van der Waals surface area contributed by atoms with E-state index in [1.807, 2.05) is 22.8 Å². The number of nitrogens with one attached hydrogen (secondary N) is 1. The molecule has 2 nitrogen and oxygen atoms in total. The summed E-state index contributed by atoms with van der Waals surface area (Å²) in [6, 6.07) is 9.99. The van der Waals surface area contributed by atoms with Gasteiger partial charge in [0.1, 0.15) is 0 Å². The maximum atomic E-state index is 6.04. The van der Waals surface area contributed by atoms with Gasteiger partial charge >= 0.3 is 0 Å². The van der Waals surface area contributed by atoms with E-state index in [0.29, 0.717) is 9.79 Å². The second-order valence-electron chi connectivity index (χ2n) is 4.84. The zero-order valence-corrected chi connectivity index (χ0v) is 14.2. The summed E-state index contributed by atoms with van der Waals surface area (Å²) in [5.74, 6) is 0. The van der Waals surface area contributed by atoms with Crippen LogP contribution in [0.3, 0.4) is 0 Å². The zero-order chi connectivity index (χ0) is 14.4. The number of aryl methyl sites for hydroxylation is 2. The van der Waals surface area contributed by atoms with Crippen LogP contribution in [-0.4, -0.2) is 9.55 Å². The molecule has 0 spiro atoms. The molecule has 1 heterocycles. The van der Waals surface area contributed by atoms with Crippen molar-refractivity contribution in [1.82, 2.24) is 9.55 Å². The number of imidazole rings is 1. The van der Waals surface area contributed by atoms with Crippen LogP contribution in [-0.2, 0) is 0 Å². The Morgan fingerprint density at radius 2 is 1.95 bits per heavy atom. The van der Waals surface area contributed by atoms with Crippen molar-refractivity contribution in [3.8, 4) is 5.69 Å². The number of halogens is 2. The third-order valence-electron chi connectivity index (χ3n) is 3.27. The smallest absolute Gasteiger partial charge is 0.182 e. The van der Waals surface area contributed by atoms with Gasteiger partial charge in [-0.2, -0.15) is 0 Å². The Balaban J connectivity index is 2.41. The van der Waals surface area contributed by atoms with Crippen LogP contribution in [0.25, 0.3) is 16.7 Å².